The van der Waals surface area contributed by atoms with Gasteiger partial charge in [-0.25, -0.2) is 25.9 Å². The zero-order valence-electron chi connectivity index (χ0n) is 18.0. The van der Waals surface area contributed by atoms with Gasteiger partial charge in [-0.2, -0.15) is 5.10 Å². The van der Waals surface area contributed by atoms with Gasteiger partial charge in [0, 0.05) is 18.9 Å². The Hall–Kier alpha value is -2.85. The molecule has 1 aromatic heterocycles. The largest absolute Gasteiger partial charge is 0.363 e. The number of ether oxygens (including phenoxy) is 1. The number of hydrogen-bond acceptors (Lipinski definition) is 4. The van der Waals surface area contributed by atoms with Crippen LogP contribution in [0.5, 0.6) is 0 Å². The monoisotopic (exact) mass is 479 g/mol. The van der Waals surface area contributed by atoms with Crippen LogP contribution in [0, 0.1) is 17.5 Å². The van der Waals surface area contributed by atoms with E-state index in [0.29, 0.717) is 10.00 Å². The number of aromatic nitrogens is 2. The topological polar surface area (TPSA) is 64.4 Å². The van der Waals surface area contributed by atoms with E-state index in [1.165, 1.54) is 31.7 Å². The highest BCUT2D eigenvalue weighted by Crippen LogP contribution is 2.34. The molecule has 1 aliphatic carbocycles. The highest BCUT2D eigenvalue weighted by atomic mass is 32.2. The van der Waals surface area contributed by atoms with Crippen LogP contribution >= 0.6 is 0 Å². The van der Waals surface area contributed by atoms with Crippen molar-refractivity contribution in [2.75, 3.05) is 18.1 Å². The number of hydrogen-bond donors (Lipinski definition) is 0. The summed E-state index contributed by atoms with van der Waals surface area (Å²) in [6.45, 7) is -0.646. The third-order valence-corrected chi connectivity index (χ3v) is 7.58. The van der Waals surface area contributed by atoms with Gasteiger partial charge in [0.15, 0.2) is 10.7 Å². The third-order valence-electron chi connectivity index (χ3n) is 5.79. The van der Waals surface area contributed by atoms with Gasteiger partial charge < -0.3 is 4.74 Å². The van der Waals surface area contributed by atoms with Crippen LogP contribution in [0.15, 0.2) is 53.6 Å². The summed E-state index contributed by atoms with van der Waals surface area (Å²) in [6, 6.07) is 8.77. The van der Waals surface area contributed by atoms with Crippen LogP contribution in [0.2, 0.25) is 0 Å². The Morgan fingerprint density at radius 1 is 1.03 bits per heavy atom. The van der Waals surface area contributed by atoms with E-state index in [2.05, 4.69) is 5.10 Å². The molecule has 0 bridgehead atoms. The van der Waals surface area contributed by atoms with Crippen LogP contribution in [0.3, 0.4) is 0 Å². The first-order chi connectivity index (χ1) is 15.8. The molecule has 3 aromatic rings. The summed E-state index contributed by atoms with van der Waals surface area (Å²) in [5, 5.41) is 4.52. The van der Waals surface area contributed by atoms with Crippen LogP contribution in [-0.2, 0) is 14.8 Å². The Kier molecular flexibility index (Phi) is 6.76. The summed E-state index contributed by atoms with van der Waals surface area (Å²) in [5.74, 6) is -3.44. The third kappa shape index (κ3) is 4.49. The summed E-state index contributed by atoms with van der Waals surface area (Å²) in [7, 11) is -3.62. The predicted octanol–water partition coefficient (Wildman–Crippen LogP) is 5.27. The molecule has 0 aliphatic heterocycles. The standard InChI is InChI=1S/C23H24F3N3O3S/c1-32-15-29(33(30,31)23-18(24)10-6-11-19(23)25)21-12-5-9-17(22(21)26)20-13-14-28(27-20)16-7-3-2-4-8-16/h5-6,9-14,16H,2-4,7-8,15H2,1H3. The van der Waals surface area contributed by atoms with Gasteiger partial charge >= 0.3 is 0 Å². The lowest BCUT2D eigenvalue weighted by atomic mass is 9.96. The summed E-state index contributed by atoms with van der Waals surface area (Å²) >= 11 is 0. The molecular weight excluding hydrogens is 455 g/mol. The quantitative estimate of drug-likeness (QED) is 0.433. The average Bonchev–Trinajstić information content (AvgIpc) is 3.28. The maximum absolute atomic E-state index is 15.6. The minimum Gasteiger partial charge on any atom is -0.363 e. The molecule has 0 saturated heterocycles. The van der Waals surface area contributed by atoms with Crippen molar-refractivity contribution in [3.05, 3.63) is 66.1 Å². The van der Waals surface area contributed by atoms with E-state index in [0.717, 1.165) is 43.9 Å². The lowest BCUT2D eigenvalue weighted by Crippen LogP contribution is -2.34. The Balaban J connectivity index is 1.75. The Labute approximate surface area is 190 Å². The zero-order valence-corrected chi connectivity index (χ0v) is 18.9. The summed E-state index contributed by atoms with van der Waals surface area (Å²) in [4.78, 5) is -1.17. The number of anilines is 1. The molecule has 2 aromatic carbocycles. The molecule has 0 spiro atoms. The molecule has 176 valence electrons. The van der Waals surface area contributed by atoms with Crippen molar-refractivity contribution >= 4 is 15.7 Å². The summed E-state index contributed by atoms with van der Waals surface area (Å²) in [6.07, 6.45) is 7.19. The van der Waals surface area contributed by atoms with E-state index in [-0.39, 0.29) is 11.6 Å². The Morgan fingerprint density at radius 2 is 1.70 bits per heavy atom. The van der Waals surface area contributed by atoms with Gasteiger partial charge in [0.25, 0.3) is 10.0 Å². The van der Waals surface area contributed by atoms with Crippen molar-refractivity contribution in [1.82, 2.24) is 9.78 Å². The Morgan fingerprint density at radius 3 is 2.36 bits per heavy atom. The van der Waals surface area contributed by atoms with E-state index in [4.69, 9.17) is 4.74 Å². The minimum atomic E-state index is -4.82. The van der Waals surface area contributed by atoms with E-state index in [1.54, 1.807) is 12.3 Å². The van der Waals surface area contributed by atoms with E-state index in [1.807, 2.05) is 4.68 Å². The second-order valence-corrected chi connectivity index (χ2v) is 9.73. The van der Waals surface area contributed by atoms with Gasteiger partial charge in [0.2, 0.25) is 0 Å². The molecule has 1 aliphatic rings. The minimum absolute atomic E-state index is 0.0763. The fourth-order valence-electron chi connectivity index (χ4n) is 4.17. The fourth-order valence-corrected chi connectivity index (χ4v) is 5.66. The van der Waals surface area contributed by atoms with Crippen LogP contribution in [0.25, 0.3) is 11.3 Å². The lowest BCUT2D eigenvalue weighted by Gasteiger charge is -2.25. The van der Waals surface area contributed by atoms with Crippen molar-refractivity contribution in [2.45, 2.75) is 43.0 Å². The molecule has 33 heavy (non-hydrogen) atoms. The van der Waals surface area contributed by atoms with Crippen LogP contribution in [0.4, 0.5) is 18.9 Å². The molecule has 1 heterocycles. The van der Waals surface area contributed by atoms with Crippen molar-refractivity contribution in [3.8, 4) is 11.3 Å². The molecular formula is C23H24F3N3O3S. The van der Waals surface area contributed by atoms with Crippen molar-refractivity contribution in [3.63, 3.8) is 0 Å². The first-order valence-electron chi connectivity index (χ1n) is 10.6. The highest BCUT2D eigenvalue weighted by molar-refractivity contribution is 7.92. The van der Waals surface area contributed by atoms with Gasteiger partial charge in [-0.3, -0.25) is 4.68 Å². The van der Waals surface area contributed by atoms with Gasteiger partial charge in [0.05, 0.1) is 17.4 Å². The molecule has 0 unspecified atom stereocenters. The Bertz CT molecular complexity index is 1220. The molecule has 0 atom stereocenters. The van der Waals surface area contributed by atoms with Crippen molar-refractivity contribution in [2.24, 2.45) is 0 Å². The van der Waals surface area contributed by atoms with E-state index in [9.17, 15) is 17.2 Å². The van der Waals surface area contributed by atoms with Gasteiger partial charge in [0.1, 0.15) is 18.4 Å². The number of methoxy groups -OCH3 is 1. The summed E-state index contributed by atoms with van der Waals surface area (Å²) < 4.78 is 77.8. The van der Waals surface area contributed by atoms with Crippen molar-refractivity contribution < 1.29 is 26.3 Å². The molecule has 6 nitrogen and oxygen atoms in total. The van der Waals surface area contributed by atoms with Gasteiger partial charge in [-0.1, -0.05) is 31.4 Å². The molecule has 0 amide bonds. The van der Waals surface area contributed by atoms with Gasteiger partial charge in [-0.15, -0.1) is 0 Å². The molecule has 0 radical (unpaired) electrons. The SMILES string of the molecule is COCN(c1cccc(-c2ccn(C3CCCCC3)n2)c1F)S(=O)(=O)c1c(F)cccc1F. The second-order valence-electron chi connectivity index (χ2n) is 7.93. The number of halogens is 3. The number of sulfonamides is 1. The van der Waals surface area contributed by atoms with Crippen LogP contribution in [0.1, 0.15) is 38.1 Å². The highest BCUT2D eigenvalue weighted by Gasteiger charge is 2.33. The number of rotatable bonds is 7. The molecule has 0 N–H and O–H groups in total. The maximum Gasteiger partial charge on any atom is 0.272 e. The molecule has 4 rings (SSSR count). The second kappa shape index (κ2) is 9.56. The fraction of sp³-hybridized carbons (Fsp3) is 0.348. The van der Waals surface area contributed by atoms with Gasteiger partial charge in [-0.05, 0) is 43.2 Å². The molecule has 1 fully saturated rings. The van der Waals surface area contributed by atoms with Crippen LogP contribution in [-0.4, -0.2) is 32.0 Å². The van der Waals surface area contributed by atoms with E-state index < -0.39 is 44.8 Å². The van der Waals surface area contributed by atoms with Crippen molar-refractivity contribution in [1.29, 1.82) is 0 Å². The maximum atomic E-state index is 15.6. The molecule has 1 saturated carbocycles. The summed E-state index contributed by atoms with van der Waals surface area (Å²) in [5.41, 5.74) is 0.0170. The predicted molar refractivity (Wildman–Crippen MR) is 118 cm³/mol. The lowest BCUT2D eigenvalue weighted by molar-refractivity contribution is 0.209. The average molecular weight is 480 g/mol. The first kappa shape index (κ1) is 23.3. The van der Waals surface area contributed by atoms with Crippen LogP contribution < -0.4 is 4.31 Å². The smallest absolute Gasteiger partial charge is 0.272 e. The number of benzene rings is 2. The number of nitrogens with zero attached hydrogens (tertiary/aromatic N) is 3. The first-order valence-corrected chi connectivity index (χ1v) is 12.1. The normalized spacial score (nSPS) is 15.0. The zero-order chi connectivity index (χ0) is 23.6. The molecule has 10 heteroatoms. The van der Waals surface area contributed by atoms with E-state index >= 15 is 4.39 Å².